The minimum Gasteiger partial charge on any atom is -0.633 e. The predicted octanol–water partition coefficient (Wildman–Crippen LogP) is 2.87. The molecule has 0 spiro atoms. The third-order valence-electron chi connectivity index (χ3n) is 4.60. The molecule has 1 aromatic carbocycles. The van der Waals surface area contributed by atoms with Crippen LogP contribution in [0.2, 0.25) is 0 Å². The summed E-state index contributed by atoms with van der Waals surface area (Å²) in [5, 5.41) is 15.4. The van der Waals surface area contributed by atoms with E-state index in [2.05, 4.69) is 10.3 Å². The maximum Gasteiger partial charge on any atom is 0.191 e. The minimum atomic E-state index is -0.660. The second-order valence-corrected chi connectivity index (χ2v) is 6.21. The predicted molar refractivity (Wildman–Crippen MR) is 99.9 cm³/mol. The van der Waals surface area contributed by atoms with Crippen molar-refractivity contribution in [3.05, 3.63) is 41.6 Å². The van der Waals surface area contributed by atoms with Gasteiger partial charge in [0.05, 0.1) is 37.8 Å². The monoisotopic (exact) mass is 343 g/mol. The second-order valence-electron chi connectivity index (χ2n) is 6.21. The molecule has 1 N–H and O–H groups in total. The van der Waals surface area contributed by atoms with Crippen molar-refractivity contribution >= 4 is 28.7 Å². The molecule has 6 nitrogen and oxygen atoms in total. The van der Waals surface area contributed by atoms with E-state index in [1.165, 1.54) is 12.2 Å². The first kappa shape index (κ1) is 19.0. The standard InChI is InChI=1S/C19H25N3O3/c1-4-22(25,5-2)13-12-20-15-6-8-16(9-7-15)21-17-10-11-18(23)14(3)19(17)24/h6-11,14,20H,4-5,12-13H2,1-3H3. The van der Waals surface area contributed by atoms with Crippen LogP contribution >= 0.6 is 0 Å². The Bertz CT molecular complexity index is 688. The Morgan fingerprint density at radius 2 is 1.76 bits per heavy atom. The molecule has 0 aromatic heterocycles. The number of anilines is 1. The third-order valence-corrected chi connectivity index (χ3v) is 4.60. The molecular weight excluding hydrogens is 318 g/mol. The van der Waals surface area contributed by atoms with Crippen molar-refractivity contribution in [3.8, 4) is 0 Å². The van der Waals surface area contributed by atoms with Gasteiger partial charge in [-0.3, -0.25) is 9.59 Å². The molecule has 1 atom stereocenters. The molecule has 0 heterocycles. The Morgan fingerprint density at radius 1 is 1.12 bits per heavy atom. The second kappa shape index (κ2) is 8.18. The molecule has 0 saturated carbocycles. The van der Waals surface area contributed by atoms with Crippen LogP contribution in [0.25, 0.3) is 0 Å². The lowest BCUT2D eigenvalue weighted by Crippen LogP contribution is -2.44. The van der Waals surface area contributed by atoms with Crippen molar-refractivity contribution in [2.75, 3.05) is 31.5 Å². The molecule has 134 valence electrons. The maximum atomic E-state index is 12.2. The van der Waals surface area contributed by atoms with Gasteiger partial charge in [0, 0.05) is 5.69 Å². The smallest absolute Gasteiger partial charge is 0.191 e. The van der Waals surface area contributed by atoms with Gasteiger partial charge in [0.25, 0.3) is 0 Å². The zero-order chi connectivity index (χ0) is 18.4. The third kappa shape index (κ3) is 4.84. The maximum absolute atomic E-state index is 12.2. The largest absolute Gasteiger partial charge is 0.633 e. The van der Waals surface area contributed by atoms with Gasteiger partial charge in [-0.25, -0.2) is 4.99 Å². The number of Topliss-reactive ketones (excluding diaryl/α,β-unsaturated/α-hetero) is 1. The van der Waals surface area contributed by atoms with E-state index in [4.69, 9.17) is 0 Å². The van der Waals surface area contributed by atoms with Crippen LogP contribution in [0.1, 0.15) is 20.8 Å². The SMILES string of the molecule is CC[N+]([O-])(CC)CCNc1ccc(N=C2C=CC(=O)C(C)C2=O)cc1. The minimum absolute atomic E-state index is 0.185. The first-order chi connectivity index (χ1) is 11.9. The van der Waals surface area contributed by atoms with Crippen molar-refractivity contribution in [2.24, 2.45) is 10.9 Å². The molecule has 25 heavy (non-hydrogen) atoms. The first-order valence-electron chi connectivity index (χ1n) is 8.64. The molecule has 0 radical (unpaired) electrons. The molecule has 1 aromatic rings. The lowest BCUT2D eigenvalue weighted by molar-refractivity contribution is -0.875. The topological polar surface area (TPSA) is 81.6 Å². The Kier molecular flexibility index (Phi) is 6.22. The van der Waals surface area contributed by atoms with Gasteiger partial charge in [0.15, 0.2) is 11.6 Å². The van der Waals surface area contributed by atoms with Crippen LogP contribution < -0.4 is 5.32 Å². The fraction of sp³-hybridized carbons (Fsp3) is 0.421. The fourth-order valence-electron chi connectivity index (χ4n) is 2.57. The molecule has 0 amide bonds. The summed E-state index contributed by atoms with van der Waals surface area (Å²) in [6.45, 7) is 7.65. The van der Waals surface area contributed by atoms with Gasteiger partial charge in [0.2, 0.25) is 0 Å². The number of quaternary nitrogens is 1. The van der Waals surface area contributed by atoms with E-state index in [0.717, 1.165) is 5.69 Å². The molecule has 0 bridgehead atoms. The highest BCUT2D eigenvalue weighted by atomic mass is 16.5. The van der Waals surface area contributed by atoms with E-state index in [9.17, 15) is 14.8 Å². The highest BCUT2D eigenvalue weighted by Gasteiger charge is 2.26. The van der Waals surface area contributed by atoms with Gasteiger partial charge in [-0.1, -0.05) is 0 Å². The van der Waals surface area contributed by atoms with Gasteiger partial charge in [-0.2, -0.15) is 0 Å². The van der Waals surface area contributed by atoms with Crippen molar-refractivity contribution in [3.63, 3.8) is 0 Å². The van der Waals surface area contributed by atoms with Crippen LogP contribution in [0.5, 0.6) is 0 Å². The van der Waals surface area contributed by atoms with E-state index in [0.29, 0.717) is 37.6 Å². The van der Waals surface area contributed by atoms with Crippen molar-refractivity contribution in [1.29, 1.82) is 0 Å². The number of rotatable bonds is 7. The van der Waals surface area contributed by atoms with Crippen molar-refractivity contribution < 1.29 is 14.2 Å². The summed E-state index contributed by atoms with van der Waals surface area (Å²) in [5.41, 5.74) is 1.85. The quantitative estimate of drug-likeness (QED) is 0.469. The summed E-state index contributed by atoms with van der Waals surface area (Å²) in [6, 6.07) is 7.33. The summed E-state index contributed by atoms with van der Waals surface area (Å²) in [5.74, 6) is -1.10. The fourth-order valence-corrected chi connectivity index (χ4v) is 2.57. The molecule has 2 rings (SSSR count). The van der Waals surface area contributed by atoms with Gasteiger partial charge < -0.3 is 15.2 Å². The first-order valence-corrected chi connectivity index (χ1v) is 8.64. The number of benzene rings is 1. The van der Waals surface area contributed by atoms with Crippen LogP contribution in [-0.4, -0.2) is 48.1 Å². The molecule has 0 aliphatic heterocycles. The Balaban J connectivity index is 1.98. The number of nitrogens with zero attached hydrogens (tertiary/aromatic N) is 2. The number of carbonyl (C=O) groups excluding carboxylic acids is 2. The number of aliphatic imine (C=N–C) groups is 1. The van der Waals surface area contributed by atoms with Crippen LogP contribution in [0.15, 0.2) is 41.4 Å². The lowest BCUT2D eigenvalue weighted by atomic mass is 9.92. The van der Waals surface area contributed by atoms with Gasteiger partial charge in [0.1, 0.15) is 5.71 Å². The summed E-state index contributed by atoms with van der Waals surface area (Å²) >= 11 is 0. The molecule has 0 saturated heterocycles. The van der Waals surface area contributed by atoms with Gasteiger partial charge in [-0.15, -0.1) is 0 Å². The van der Waals surface area contributed by atoms with Gasteiger partial charge >= 0.3 is 0 Å². The van der Waals surface area contributed by atoms with E-state index >= 15 is 0 Å². The average molecular weight is 343 g/mol. The van der Waals surface area contributed by atoms with Crippen molar-refractivity contribution in [1.82, 2.24) is 0 Å². The number of hydroxylamine groups is 3. The lowest BCUT2D eigenvalue weighted by Gasteiger charge is -2.41. The average Bonchev–Trinajstić information content (AvgIpc) is 2.63. The number of carbonyl (C=O) groups is 2. The Hall–Kier alpha value is -2.31. The van der Waals surface area contributed by atoms with E-state index < -0.39 is 5.92 Å². The zero-order valence-electron chi connectivity index (χ0n) is 15.0. The van der Waals surface area contributed by atoms with Crippen LogP contribution in [0.3, 0.4) is 0 Å². The van der Waals surface area contributed by atoms with Crippen molar-refractivity contribution in [2.45, 2.75) is 20.8 Å². The Morgan fingerprint density at radius 3 is 2.36 bits per heavy atom. The number of likely N-dealkylation sites (N-methyl/N-ethyl adjacent to an activating group) is 1. The summed E-state index contributed by atoms with van der Waals surface area (Å²) in [6.07, 6.45) is 2.87. The van der Waals surface area contributed by atoms with Gasteiger partial charge in [-0.05, 0) is 57.2 Å². The van der Waals surface area contributed by atoms with Crippen LogP contribution in [0, 0.1) is 11.1 Å². The summed E-state index contributed by atoms with van der Waals surface area (Å²) in [7, 11) is 0. The normalized spacial score (nSPS) is 19.5. The number of hydrogen-bond donors (Lipinski definition) is 1. The van der Waals surface area contributed by atoms with Crippen LogP contribution in [-0.2, 0) is 9.59 Å². The number of nitrogens with one attached hydrogen (secondary N) is 1. The van der Waals surface area contributed by atoms with Crippen LogP contribution in [0.4, 0.5) is 11.4 Å². The highest BCUT2D eigenvalue weighted by Crippen LogP contribution is 2.19. The number of hydrogen-bond acceptors (Lipinski definition) is 5. The molecule has 1 aliphatic rings. The van der Waals surface area contributed by atoms with E-state index in [-0.39, 0.29) is 16.2 Å². The molecule has 1 aliphatic carbocycles. The molecule has 6 heteroatoms. The summed E-state index contributed by atoms with van der Waals surface area (Å²) in [4.78, 5) is 27.8. The van der Waals surface area contributed by atoms with E-state index in [1.807, 2.05) is 26.0 Å². The molecule has 0 fully saturated rings. The van der Waals surface area contributed by atoms with E-state index in [1.54, 1.807) is 19.1 Å². The molecule has 1 unspecified atom stereocenters. The summed E-state index contributed by atoms with van der Waals surface area (Å²) < 4.78 is -0.204. The number of ketones is 2. The number of allylic oxidation sites excluding steroid dienone is 2. The highest BCUT2D eigenvalue weighted by molar-refractivity contribution is 6.50. The Labute approximate surface area is 148 Å². The molecular formula is C19H25N3O3. The zero-order valence-corrected chi connectivity index (χ0v) is 15.0.